The molecule has 0 aliphatic heterocycles. The van der Waals surface area contributed by atoms with E-state index >= 15 is 0 Å². The number of fused-ring (bicyclic) bond motifs is 1. The third-order valence-corrected chi connectivity index (χ3v) is 3.47. The predicted octanol–water partition coefficient (Wildman–Crippen LogP) is 3.18. The Labute approximate surface area is 114 Å². The van der Waals surface area contributed by atoms with Crippen LogP contribution in [0, 0.1) is 11.3 Å². The third-order valence-electron chi connectivity index (χ3n) is 3.47. The molecule has 19 heavy (non-hydrogen) atoms. The van der Waals surface area contributed by atoms with Crippen LogP contribution in [0.5, 0.6) is 0 Å². The van der Waals surface area contributed by atoms with Gasteiger partial charge in [0.15, 0.2) is 0 Å². The van der Waals surface area contributed by atoms with Crippen LogP contribution in [0.3, 0.4) is 0 Å². The normalized spacial score (nSPS) is 12.1. The van der Waals surface area contributed by atoms with Gasteiger partial charge in [-0.2, -0.15) is 5.26 Å². The molecule has 0 bridgehead atoms. The molecule has 0 aliphatic rings. The molecule has 2 aromatic rings. The molecule has 0 spiro atoms. The lowest BCUT2D eigenvalue weighted by Crippen LogP contribution is -2.32. The molecule has 0 N–H and O–H groups in total. The fraction of sp³-hybridized carbons (Fsp3) is 0.312. The highest BCUT2D eigenvalue weighted by molar-refractivity contribution is 5.97. The highest BCUT2D eigenvalue weighted by Crippen LogP contribution is 2.29. The van der Waals surface area contributed by atoms with Crippen LogP contribution < -0.4 is 4.90 Å². The number of hydrogen-bond acceptors (Lipinski definition) is 3. The van der Waals surface area contributed by atoms with E-state index in [0.29, 0.717) is 12.2 Å². The van der Waals surface area contributed by atoms with Gasteiger partial charge in [-0.15, -0.1) is 0 Å². The van der Waals surface area contributed by atoms with Crippen molar-refractivity contribution in [3.05, 3.63) is 42.0 Å². The van der Waals surface area contributed by atoms with E-state index in [1.807, 2.05) is 30.3 Å². The first-order chi connectivity index (χ1) is 9.19. The molecule has 0 amide bonds. The molecule has 0 aliphatic carbocycles. The van der Waals surface area contributed by atoms with E-state index in [1.165, 1.54) is 0 Å². The first kappa shape index (κ1) is 13.4. The Morgan fingerprint density at radius 2 is 1.89 bits per heavy atom. The molecule has 3 nitrogen and oxygen atoms in total. The molecular formula is C16H18N2O. The number of nitriles is 1. The highest BCUT2D eigenvalue weighted by atomic mass is 16.5. The summed E-state index contributed by atoms with van der Waals surface area (Å²) in [6.07, 6.45) is 0. The monoisotopic (exact) mass is 254 g/mol. The zero-order valence-electron chi connectivity index (χ0n) is 11.6. The molecular weight excluding hydrogens is 236 g/mol. The molecule has 3 heteroatoms. The number of rotatable bonds is 4. The second-order valence-electron chi connectivity index (χ2n) is 4.70. The van der Waals surface area contributed by atoms with E-state index in [0.717, 1.165) is 16.5 Å². The summed E-state index contributed by atoms with van der Waals surface area (Å²) < 4.78 is 5.21. The van der Waals surface area contributed by atoms with Crippen molar-refractivity contribution in [1.82, 2.24) is 0 Å². The quantitative estimate of drug-likeness (QED) is 0.840. The van der Waals surface area contributed by atoms with Gasteiger partial charge in [-0.1, -0.05) is 24.3 Å². The number of ether oxygens (including phenoxy) is 1. The summed E-state index contributed by atoms with van der Waals surface area (Å²) >= 11 is 0. The van der Waals surface area contributed by atoms with Crippen molar-refractivity contribution in [2.75, 3.05) is 25.7 Å². The lowest BCUT2D eigenvalue weighted by molar-refractivity contribution is 0.183. The van der Waals surface area contributed by atoms with E-state index in [4.69, 9.17) is 4.74 Å². The Morgan fingerprint density at radius 3 is 2.53 bits per heavy atom. The summed E-state index contributed by atoms with van der Waals surface area (Å²) in [6.45, 7) is 2.79. The van der Waals surface area contributed by atoms with Crippen LogP contribution in [0.2, 0.25) is 0 Å². The van der Waals surface area contributed by atoms with Crippen molar-refractivity contribution in [2.45, 2.75) is 13.0 Å². The van der Waals surface area contributed by atoms with Crippen LogP contribution in [0.25, 0.3) is 10.8 Å². The minimum Gasteiger partial charge on any atom is -0.383 e. The maximum atomic E-state index is 9.17. The Kier molecular flexibility index (Phi) is 4.03. The van der Waals surface area contributed by atoms with Gasteiger partial charge in [0.2, 0.25) is 0 Å². The standard InChI is InChI=1S/C16H18N2O/c1-12(11-19-3)18(2)16-9-8-13(10-17)14-6-4-5-7-15(14)16/h4-9,12H,11H2,1-3H3. The molecule has 0 heterocycles. The van der Waals surface area contributed by atoms with Crippen LogP contribution in [0.4, 0.5) is 5.69 Å². The van der Waals surface area contributed by atoms with E-state index in [9.17, 15) is 5.26 Å². The molecule has 1 unspecified atom stereocenters. The lowest BCUT2D eigenvalue weighted by atomic mass is 10.0. The van der Waals surface area contributed by atoms with Gasteiger partial charge in [-0.05, 0) is 19.1 Å². The molecule has 0 radical (unpaired) electrons. The number of likely N-dealkylation sites (N-methyl/N-ethyl adjacent to an activating group) is 1. The summed E-state index contributed by atoms with van der Waals surface area (Å²) in [6, 6.07) is 14.4. The van der Waals surface area contributed by atoms with E-state index in [2.05, 4.69) is 31.0 Å². The summed E-state index contributed by atoms with van der Waals surface area (Å²) in [5, 5.41) is 11.3. The van der Waals surface area contributed by atoms with Crippen molar-refractivity contribution >= 4 is 16.5 Å². The predicted molar refractivity (Wildman–Crippen MR) is 78.4 cm³/mol. The summed E-state index contributed by atoms with van der Waals surface area (Å²) in [7, 11) is 3.76. The topological polar surface area (TPSA) is 36.3 Å². The van der Waals surface area contributed by atoms with Gasteiger partial charge < -0.3 is 9.64 Å². The van der Waals surface area contributed by atoms with E-state index < -0.39 is 0 Å². The molecule has 2 rings (SSSR count). The summed E-state index contributed by atoms with van der Waals surface area (Å²) in [4.78, 5) is 2.19. The van der Waals surface area contributed by atoms with Crippen LogP contribution in [0.1, 0.15) is 12.5 Å². The van der Waals surface area contributed by atoms with Crippen molar-refractivity contribution in [2.24, 2.45) is 0 Å². The molecule has 1 atom stereocenters. The van der Waals surface area contributed by atoms with Gasteiger partial charge in [-0.3, -0.25) is 0 Å². The van der Waals surface area contributed by atoms with Crippen LogP contribution in [-0.4, -0.2) is 26.8 Å². The maximum Gasteiger partial charge on any atom is 0.0998 e. The number of methoxy groups -OCH3 is 1. The average molecular weight is 254 g/mol. The maximum absolute atomic E-state index is 9.17. The smallest absolute Gasteiger partial charge is 0.0998 e. The van der Waals surface area contributed by atoms with Gasteiger partial charge in [0.05, 0.1) is 18.2 Å². The second-order valence-corrected chi connectivity index (χ2v) is 4.70. The fourth-order valence-corrected chi connectivity index (χ4v) is 2.28. The zero-order valence-corrected chi connectivity index (χ0v) is 11.6. The lowest BCUT2D eigenvalue weighted by Gasteiger charge is -2.27. The number of benzene rings is 2. The average Bonchev–Trinajstić information content (AvgIpc) is 2.45. The zero-order chi connectivity index (χ0) is 13.8. The molecule has 0 saturated heterocycles. The second kappa shape index (κ2) is 5.73. The Balaban J connectivity index is 2.54. The summed E-state index contributed by atoms with van der Waals surface area (Å²) in [5.74, 6) is 0. The first-order valence-electron chi connectivity index (χ1n) is 6.32. The molecule has 0 aromatic heterocycles. The SMILES string of the molecule is COCC(C)N(C)c1ccc(C#N)c2ccccc12. The van der Waals surface area contributed by atoms with Gasteiger partial charge in [0.1, 0.15) is 0 Å². The first-order valence-corrected chi connectivity index (χ1v) is 6.32. The van der Waals surface area contributed by atoms with Crippen molar-refractivity contribution in [3.8, 4) is 6.07 Å². The molecule has 0 fully saturated rings. The Hall–Kier alpha value is -2.05. The van der Waals surface area contributed by atoms with Gasteiger partial charge in [0, 0.05) is 36.7 Å². The fourth-order valence-electron chi connectivity index (χ4n) is 2.28. The minimum atomic E-state index is 0.279. The van der Waals surface area contributed by atoms with Crippen molar-refractivity contribution in [3.63, 3.8) is 0 Å². The number of hydrogen-bond donors (Lipinski definition) is 0. The Bertz CT molecular complexity index is 616. The molecule has 2 aromatic carbocycles. The van der Waals surface area contributed by atoms with Crippen molar-refractivity contribution in [1.29, 1.82) is 5.26 Å². The molecule has 0 saturated carbocycles. The summed E-state index contributed by atoms with van der Waals surface area (Å²) in [5.41, 5.74) is 1.84. The van der Waals surface area contributed by atoms with Crippen LogP contribution in [-0.2, 0) is 4.74 Å². The van der Waals surface area contributed by atoms with E-state index in [1.54, 1.807) is 7.11 Å². The minimum absolute atomic E-state index is 0.279. The van der Waals surface area contributed by atoms with Gasteiger partial charge in [-0.25, -0.2) is 0 Å². The highest BCUT2D eigenvalue weighted by Gasteiger charge is 2.13. The molecule has 98 valence electrons. The Morgan fingerprint density at radius 1 is 1.21 bits per heavy atom. The van der Waals surface area contributed by atoms with Crippen molar-refractivity contribution < 1.29 is 4.74 Å². The van der Waals surface area contributed by atoms with E-state index in [-0.39, 0.29) is 6.04 Å². The van der Waals surface area contributed by atoms with Crippen LogP contribution in [0.15, 0.2) is 36.4 Å². The number of anilines is 1. The third kappa shape index (κ3) is 2.54. The van der Waals surface area contributed by atoms with Crippen LogP contribution >= 0.6 is 0 Å². The van der Waals surface area contributed by atoms with Gasteiger partial charge >= 0.3 is 0 Å². The van der Waals surface area contributed by atoms with Gasteiger partial charge in [0.25, 0.3) is 0 Å². The number of nitrogens with zero attached hydrogens (tertiary/aromatic N) is 2. The largest absolute Gasteiger partial charge is 0.383 e.